The first-order valence-corrected chi connectivity index (χ1v) is 9.06. The number of hydrogen-bond acceptors (Lipinski definition) is 6. The van der Waals surface area contributed by atoms with Gasteiger partial charge in [-0.15, -0.1) is 0 Å². The van der Waals surface area contributed by atoms with Gasteiger partial charge in [-0.2, -0.15) is 0 Å². The summed E-state index contributed by atoms with van der Waals surface area (Å²) in [6, 6.07) is 4.04. The summed E-state index contributed by atoms with van der Waals surface area (Å²) < 4.78 is 10.8. The zero-order valence-electron chi connectivity index (χ0n) is 15.4. The van der Waals surface area contributed by atoms with Gasteiger partial charge in [-0.1, -0.05) is 13.8 Å². The van der Waals surface area contributed by atoms with Crippen molar-refractivity contribution in [3.8, 4) is 5.75 Å². The molecule has 2 aromatic rings. The van der Waals surface area contributed by atoms with E-state index in [0.29, 0.717) is 11.3 Å². The molecule has 0 radical (unpaired) electrons. The van der Waals surface area contributed by atoms with Crippen LogP contribution >= 0.6 is 0 Å². The van der Waals surface area contributed by atoms with Crippen LogP contribution in [0.2, 0.25) is 0 Å². The van der Waals surface area contributed by atoms with Crippen molar-refractivity contribution < 1.29 is 23.8 Å². The molecule has 0 saturated heterocycles. The predicted octanol–water partition coefficient (Wildman–Crippen LogP) is 0.941. The Balaban J connectivity index is 1.68. The van der Waals surface area contributed by atoms with E-state index < -0.39 is 17.9 Å². The fourth-order valence-electron chi connectivity index (χ4n) is 3.42. The highest BCUT2D eigenvalue weighted by atomic mass is 16.5. The van der Waals surface area contributed by atoms with Gasteiger partial charge >= 0.3 is 5.63 Å². The number of benzene rings is 1. The molecule has 1 atom stereocenters. The number of fused-ring (bicyclic) bond motifs is 3. The van der Waals surface area contributed by atoms with Crippen molar-refractivity contribution in [2.24, 2.45) is 5.92 Å². The van der Waals surface area contributed by atoms with Gasteiger partial charge in [-0.05, 0) is 49.3 Å². The van der Waals surface area contributed by atoms with E-state index in [1.165, 1.54) is 0 Å². The summed E-state index contributed by atoms with van der Waals surface area (Å²) in [4.78, 5) is 35.1. The molecule has 1 N–H and O–H groups in total. The van der Waals surface area contributed by atoms with Crippen LogP contribution in [0, 0.1) is 5.92 Å². The van der Waals surface area contributed by atoms with Gasteiger partial charge in [0.1, 0.15) is 11.3 Å². The van der Waals surface area contributed by atoms with Gasteiger partial charge in [-0.3, -0.25) is 4.79 Å². The van der Waals surface area contributed by atoms with Gasteiger partial charge in [0.05, 0.1) is 12.0 Å². The number of carbonyl (C=O) groups excluding carboxylic acids is 2. The molecule has 7 nitrogen and oxygen atoms in total. The van der Waals surface area contributed by atoms with Crippen molar-refractivity contribution in [2.75, 3.05) is 6.61 Å². The summed E-state index contributed by atoms with van der Waals surface area (Å²) in [6.07, 6.45) is 2.80. The quantitative estimate of drug-likeness (QED) is 0.725. The molecule has 1 aliphatic carbocycles. The van der Waals surface area contributed by atoms with Gasteiger partial charge in [0.15, 0.2) is 6.61 Å². The summed E-state index contributed by atoms with van der Waals surface area (Å²) in [5, 5.41) is 14.4. The first kappa shape index (κ1) is 18.9. The van der Waals surface area contributed by atoms with Crippen LogP contribution in [-0.2, 0) is 22.4 Å². The second-order valence-corrected chi connectivity index (χ2v) is 7.22. The highest BCUT2D eigenvalue weighted by Gasteiger charge is 2.20. The zero-order valence-corrected chi connectivity index (χ0v) is 15.4. The highest BCUT2D eigenvalue weighted by molar-refractivity contribution is 5.85. The summed E-state index contributed by atoms with van der Waals surface area (Å²) >= 11 is 0. The number of carbonyl (C=O) groups is 2. The largest absolute Gasteiger partial charge is 0.548 e. The molecule has 3 rings (SSSR count). The van der Waals surface area contributed by atoms with E-state index in [-0.39, 0.29) is 24.6 Å². The molecule has 144 valence electrons. The number of amides is 1. The molecular formula is C20H22NO6-. The third-order valence-corrected chi connectivity index (χ3v) is 4.64. The first-order chi connectivity index (χ1) is 12.8. The van der Waals surface area contributed by atoms with E-state index in [4.69, 9.17) is 9.15 Å². The van der Waals surface area contributed by atoms with E-state index in [1.807, 2.05) is 19.9 Å². The van der Waals surface area contributed by atoms with Crippen LogP contribution in [0.25, 0.3) is 11.0 Å². The smallest absolute Gasteiger partial charge is 0.339 e. The van der Waals surface area contributed by atoms with Gasteiger partial charge < -0.3 is 24.4 Å². The lowest BCUT2D eigenvalue weighted by Crippen LogP contribution is -2.49. The number of ether oxygens (including phenoxy) is 1. The summed E-state index contributed by atoms with van der Waals surface area (Å²) in [6.45, 7) is 3.37. The van der Waals surface area contributed by atoms with Gasteiger partial charge in [-0.25, -0.2) is 4.79 Å². The normalized spacial score (nSPS) is 14.2. The Morgan fingerprint density at radius 2 is 2.00 bits per heavy atom. The Morgan fingerprint density at radius 1 is 1.26 bits per heavy atom. The minimum absolute atomic E-state index is 0.0965. The Hall–Kier alpha value is -2.83. The molecule has 27 heavy (non-hydrogen) atoms. The van der Waals surface area contributed by atoms with Crippen LogP contribution < -0.4 is 20.8 Å². The summed E-state index contributed by atoms with van der Waals surface area (Å²) in [5.74, 6) is -1.41. The van der Waals surface area contributed by atoms with Crippen molar-refractivity contribution in [3.05, 3.63) is 39.7 Å². The van der Waals surface area contributed by atoms with Crippen molar-refractivity contribution >= 4 is 22.8 Å². The lowest BCUT2D eigenvalue weighted by Gasteiger charge is -2.21. The predicted molar refractivity (Wildman–Crippen MR) is 96.4 cm³/mol. The standard InChI is InChI=1S/C20H23NO6/c1-11(2)8-16(19(23)24)21-18(22)10-26-12-6-7-14-13-4-3-5-15(13)20(25)27-17(14)9-12/h6-7,9,11,16H,3-5,8,10H2,1-2H3,(H,21,22)(H,23,24)/p-1/t16-/m0/s1. The van der Waals surface area contributed by atoms with Crippen LogP contribution in [-0.4, -0.2) is 24.5 Å². The topological polar surface area (TPSA) is 109 Å². The minimum Gasteiger partial charge on any atom is -0.548 e. The molecule has 1 aromatic carbocycles. The van der Waals surface area contributed by atoms with E-state index in [2.05, 4.69) is 5.32 Å². The molecule has 0 unspecified atom stereocenters. The number of aryl methyl sites for hydroxylation is 1. The summed E-state index contributed by atoms with van der Waals surface area (Å²) in [5.41, 5.74) is 1.87. The summed E-state index contributed by atoms with van der Waals surface area (Å²) in [7, 11) is 0. The lowest BCUT2D eigenvalue weighted by molar-refractivity contribution is -0.308. The van der Waals surface area contributed by atoms with Crippen LogP contribution in [0.1, 0.15) is 37.8 Å². The minimum atomic E-state index is -1.32. The average Bonchev–Trinajstić information content (AvgIpc) is 3.09. The molecule has 1 amide bonds. The average molecular weight is 372 g/mol. The molecule has 0 aliphatic heterocycles. The SMILES string of the molecule is CC(C)C[C@H](NC(=O)COc1ccc2c3c(c(=O)oc2c1)CCC3)C(=O)[O-]. The maximum absolute atomic E-state index is 12.0. The third kappa shape index (κ3) is 4.30. The first-order valence-electron chi connectivity index (χ1n) is 9.06. The van der Waals surface area contributed by atoms with Crippen molar-refractivity contribution in [2.45, 2.75) is 45.6 Å². The fraction of sp³-hybridized carbons (Fsp3) is 0.450. The molecule has 0 bridgehead atoms. The van der Waals surface area contributed by atoms with Gasteiger partial charge in [0, 0.05) is 17.0 Å². The number of carboxylic acids is 1. The molecular weight excluding hydrogens is 350 g/mol. The van der Waals surface area contributed by atoms with E-state index in [9.17, 15) is 19.5 Å². The van der Waals surface area contributed by atoms with Crippen molar-refractivity contribution in [1.29, 1.82) is 0 Å². The van der Waals surface area contributed by atoms with Crippen molar-refractivity contribution in [3.63, 3.8) is 0 Å². The van der Waals surface area contributed by atoms with E-state index in [0.717, 1.165) is 35.8 Å². The lowest BCUT2D eigenvalue weighted by atomic mass is 10.0. The molecule has 0 spiro atoms. The maximum atomic E-state index is 12.0. The number of nitrogens with one attached hydrogen (secondary N) is 1. The van der Waals surface area contributed by atoms with E-state index >= 15 is 0 Å². The Kier molecular flexibility index (Phi) is 5.48. The number of carboxylic acid groups (broad SMARTS) is 1. The second-order valence-electron chi connectivity index (χ2n) is 7.22. The Labute approximate surface area is 156 Å². The molecule has 0 fully saturated rings. The van der Waals surface area contributed by atoms with Crippen LogP contribution in [0.4, 0.5) is 0 Å². The third-order valence-electron chi connectivity index (χ3n) is 4.64. The fourth-order valence-corrected chi connectivity index (χ4v) is 3.42. The van der Waals surface area contributed by atoms with Gasteiger partial charge in [0.25, 0.3) is 5.91 Å². The number of rotatable bonds is 7. The maximum Gasteiger partial charge on any atom is 0.339 e. The molecule has 0 saturated carbocycles. The number of aliphatic carboxylic acids is 1. The molecule has 1 heterocycles. The van der Waals surface area contributed by atoms with Crippen LogP contribution in [0.3, 0.4) is 0 Å². The zero-order chi connectivity index (χ0) is 19.6. The Bertz CT molecular complexity index is 930. The van der Waals surface area contributed by atoms with Crippen LogP contribution in [0.5, 0.6) is 5.75 Å². The Morgan fingerprint density at radius 3 is 2.70 bits per heavy atom. The molecule has 1 aliphatic rings. The second kappa shape index (κ2) is 7.82. The molecule has 1 aromatic heterocycles. The monoisotopic (exact) mass is 372 g/mol. The highest BCUT2D eigenvalue weighted by Crippen LogP contribution is 2.29. The van der Waals surface area contributed by atoms with E-state index in [1.54, 1.807) is 12.1 Å². The van der Waals surface area contributed by atoms with Gasteiger partial charge in [0.2, 0.25) is 0 Å². The van der Waals surface area contributed by atoms with Crippen molar-refractivity contribution in [1.82, 2.24) is 5.32 Å². The number of hydrogen-bond donors (Lipinski definition) is 1. The van der Waals surface area contributed by atoms with Crippen LogP contribution in [0.15, 0.2) is 27.4 Å². The molecule has 7 heteroatoms.